The molecule has 0 fully saturated rings. The Balaban J connectivity index is 1.91. The van der Waals surface area contributed by atoms with E-state index in [0.29, 0.717) is 24.3 Å². The zero-order valence-corrected chi connectivity index (χ0v) is 17.3. The summed E-state index contributed by atoms with van der Waals surface area (Å²) in [5, 5.41) is 11.1. The van der Waals surface area contributed by atoms with Crippen LogP contribution in [0.15, 0.2) is 66.7 Å². The summed E-state index contributed by atoms with van der Waals surface area (Å²) in [5.41, 5.74) is 3.48. The third-order valence-corrected chi connectivity index (χ3v) is 5.29. The van der Waals surface area contributed by atoms with E-state index in [1.807, 2.05) is 23.1 Å². The van der Waals surface area contributed by atoms with Gasteiger partial charge in [0.2, 0.25) is 0 Å². The first kappa shape index (κ1) is 21.5. The highest BCUT2D eigenvalue weighted by Crippen LogP contribution is 2.21. The fourth-order valence-electron chi connectivity index (χ4n) is 3.50. The molecular formula is C24H27N3O3. The molecule has 3 aromatic carbocycles. The summed E-state index contributed by atoms with van der Waals surface area (Å²) in [6.07, 6.45) is 0. The molecule has 156 valence electrons. The maximum atomic E-state index is 13.4. The van der Waals surface area contributed by atoms with Gasteiger partial charge in [0, 0.05) is 17.7 Å². The van der Waals surface area contributed by atoms with E-state index < -0.39 is 5.91 Å². The van der Waals surface area contributed by atoms with Crippen molar-refractivity contribution in [2.24, 2.45) is 0 Å². The van der Waals surface area contributed by atoms with E-state index >= 15 is 0 Å². The van der Waals surface area contributed by atoms with Crippen LogP contribution in [0, 0.1) is 0 Å². The highest BCUT2D eigenvalue weighted by molar-refractivity contribution is 5.97. The number of hydroxylamine groups is 1. The minimum atomic E-state index is -0.607. The van der Waals surface area contributed by atoms with Gasteiger partial charge in [-0.1, -0.05) is 56.3 Å². The Bertz CT molecular complexity index is 1010. The molecular weight excluding hydrogens is 378 g/mol. The molecule has 0 aliphatic rings. The third kappa shape index (κ3) is 4.84. The summed E-state index contributed by atoms with van der Waals surface area (Å²) in [5.74, 6) is -0.712. The number of benzene rings is 3. The van der Waals surface area contributed by atoms with E-state index in [4.69, 9.17) is 5.21 Å². The van der Waals surface area contributed by atoms with Crippen LogP contribution in [-0.4, -0.2) is 46.6 Å². The SMILES string of the molecule is CCN(CC)CN(Cc1cccc2ccccc12)C(=O)c1ccc(C(=O)NO)cc1. The highest BCUT2D eigenvalue weighted by atomic mass is 16.5. The fourth-order valence-corrected chi connectivity index (χ4v) is 3.50. The van der Waals surface area contributed by atoms with Gasteiger partial charge in [0.05, 0.1) is 6.67 Å². The first-order valence-corrected chi connectivity index (χ1v) is 10.1. The maximum Gasteiger partial charge on any atom is 0.274 e. The Morgan fingerprint density at radius 3 is 2.17 bits per heavy atom. The molecule has 2 amide bonds. The molecule has 0 radical (unpaired) electrons. The van der Waals surface area contributed by atoms with Gasteiger partial charge < -0.3 is 4.90 Å². The summed E-state index contributed by atoms with van der Waals surface area (Å²) < 4.78 is 0. The van der Waals surface area contributed by atoms with Gasteiger partial charge in [-0.2, -0.15) is 0 Å². The number of hydrogen-bond acceptors (Lipinski definition) is 4. The monoisotopic (exact) mass is 405 g/mol. The van der Waals surface area contributed by atoms with Gasteiger partial charge in [-0.15, -0.1) is 0 Å². The molecule has 0 bridgehead atoms. The van der Waals surface area contributed by atoms with Gasteiger partial charge in [-0.25, -0.2) is 5.48 Å². The lowest BCUT2D eigenvalue weighted by molar-refractivity contribution is 0.0616. The lowest BCUT2D eigenvalue weighted by Crippen LogP contribution is -2.41. The van der Waals surface area contributed by atoms with E-state index in [-0.39, 0.29) is 5.91 Å². The Hall–Kier alpha value is -3.22. The van der Waals surface area contributed by atoms with Crippen LogP contribution in [0.1, 0.15) is 40.1 Å². The standard InChI is InChI=1S/C24H27N3O3/c1-3-26(4-2)17-27(16-21-10-7-9-18-8-5-6-11-22(18)21)24(29)20-14-12-19(13-15-20)23(28)25-30/h5-15,30H,3-4,16-17H2,1-2H3,(H,25,28). The first-order valence-electron chi connectivity index (χ1n) is 10.1. The largest absolute Gasteiger partial charge is 0.321 e. The van der Waals surface area contributed by atoms with Gasteiger partial charge >= 0.3 is 0 Å². The van der Waals surface area contributed by atoms with Crippen LogP contribution in [0.2, 0.25) is 0 Å². The van der Waals surface area contributed by atoms with Crippen molar-refractivity contribution < 1.29 is 14.8 Å². The topological polar surface area (TPSA) is 72.9 Å². The average Bonchev–Trinajstić information content (AvgIpc) is 2.81. The third-order valence-electron chi connectivity index (χ3n) is 5.29. The van der Waals surface area contributed by atoms with E-state index in [1.165, 1.54) is 12.1 Å². The number of nitrogens with one attached hydrogen (secondary N) is 1. The molecule has 0 unspecified atom stereocenters. The average molecular weight is 405 g/mol. The summed E-state index contributed by atoms with van der Waals surface area (Å²) in [7, 11) is 0. The van der Waals surface area contributed by atoms with Crippen molar-refractivity contribution in [1.82, 2.24) is 15.3 Å². The molecule has 3 aromatic rings. The van der Waals surface area contributed by atoms with Crippen molar-refractivity contribution in [1.29, 1.82) is 0 Å². The van der Waals surface area contributed by atoms with Gasteiger partial charge in [0.15, 0.2) is 0 Å². The summed E-state index contributed by atoms with van der Waals surface area (Å²) in [6.45, 7) is 6.82. The molecule has 6 nitrogen and oxygen atoms in total. The zero-order valence-electron chi connectivity index (χ0n) is 17.3. The Kier molecular flexibility index (Phi) is 7.17. The van der Waals surface area contributed by atoms with Gasteiger partial charge in [-0.05, 0) is 53.7 Å². The molecule has 0 heterocycles. The van der Waals surface area contributed by atoms with Crippen LogP contribution in [0.3, 0.4) is 0 Å². The normalized spacial score (nSPS) is 10.9. The molecule has 0 atom stereocenters. The number of carbonyl (C=O) groups is 2. The number of amides is 2. The minimum absolute atomic E-state index is 0.106. The molecule has 3 rings (SSSR count). The van der Waals surface area contributed by atoms with Crippen molar-refractivity contribution >= 4 is 22.6 Å². The van der Waals surface area contributed by atoms with Crippen LogP contribution in [-0.2, 0) is 6.54 Å². The van der Waals surface area contributed by atoms with Gasteiger partial charge in [-0.3, -0.25) is 19.7 Å². The highest BCUT2D eigenvalue weighted by Gasteiger charge is 2.19. The lowest BCUT2D eigenvalue weighted by atomic mass is 10.0. The second kappa shape index (κ2) is 10.0. The fraction of sp³-hybridized carbons (Fsp3) is 0.250. The molecule has 6 heteroatoms. The molecule has 0 aliphatic heterocycles. The second-order valence-electron chi connectivity index (χ2n) is 7.10. The summed E-state index contributed by atoms with van der Waals surface area (Å²) in [6, 6.07) is 20.6. The minimum Gasteiger partial charge on any atom is -0.321 e. The van der Waals surface area contributed by atoms with Crippen molar-refractivity contribution in [3.8, 4) is 0 Å². The molecule has 2 N–H and O–H groups in total. The number of rotatable bonds is 8. The van der Waals surface area contributed by atoms with Crippen LogP contribution in [0.25, 0.3) is 10.8 Å². The Morgan fingerprint density at radius 2 is 1.50 bits per heavy atom. The molecule has 0 aromatic heterocycles. The maximum absolute atomic E-state index is 13.4. The molecule has 0 spiro atoms. The van der Waals surface area contributed by atoms with Crippen molar-refractivity contribution in [3.63, 3.8) is 0 Å². The van der Waals surface area contributed by atoms with Crippen molar-refractivity contribution in [2.75, 3.05) is 19.8 Å². The van der Waals surface area contributed by atoms with Crippen molar-refractivity contribution in [3.05, 3.63) is 83.4 Å². The molecule has 30 heavy (non-hydrogen) atoms. The molecule has 0 aliphatic carbocycles. The van der Waals surface area contributed by atoms with E-state index in [2.05, 4.69) is 43.0 Å². The van der Waals surface area contributed by atoms with E-state index in [0.717, 1.165) is 29.4 Å². The van der Waals surface area contributed by atoms with Crippen LogP contribution < -0.4 is 5.48 Å². The van der Waals surface area contributed by atoms with Gasteiger partial charge in [0.25, 0.3) is 11.8 Å². The molecule has 0 saturated heterocycles. The smallest absolute Gasteiger partial charge is 0.274 e. The van der Waals surface area contributed by atoms with E-state index in [1.54, 1.807) is 17.6 Å². The molecule has 0 saturated carbocycles. The van der Waals surface area contributed by atoms with E-state index in [9.17, 15) is 9.59 Å². The first-order chi connectivity index (χ1) is 14.6. The second-order valence-corrected chi connectivity index (χ2v) is 7.10. The summed E-state index contributed by atoms with van der Waals surface area (Å²) >= 11 is 0. The lowest BCUT2D eigenvalue weighted by Gasteiger charge is -2.30. The number of nitrogens with zero attached hydrogens (tertiary/aromatic N) is 2. The summed E-state index contributed by atoms with van der Waals surface area (Å²) in [4.78, 5) is 28.9. The Labute approximate surface area is 176 Å². The number of carbonyl (C=O) groups excluding carboxylic acids is 2. The Morgan fingerprint density at radius 1 is 0.867 bits per heavy atom. The van der Waals surface area contributed by atoms with Gasteiger partial charge in [0.1, 0.15) is 0 Å². The van der Waals surface area contributed by atoms with Crippen LogP contribution in [0.4, 0.5) is 0 Å². The van der Waals surface area contributed by atoms with Crippen molar-refractivity contribution in [2.45, 2.75) is 20.4 Å². The van der Waals surface area contributed by atoms with Crippen LogP contribution in [0.5, 0.6) is 0 Å². The predicted molar refractivity (Wildman–Crippen MR) is 117 cm³/mol. The number of hydrogen-bond donors (Lipinski definition) is 2. The van der Waals surface area contributed by atoms with Crippen LogP contribution >= 0.6 is 0 Å². The zero-order chi connectivity index (χ0) is 21.5. The predicted octanol–water partition coefficient (Wildman–Crippen LogP) is 3.90. The number of fused-ring (bicyclic) bond motifs is 1. The quantitative estimate of drug-likeness (QED) is 0.339.